The van der Waals surface area contributed by atoms with E-state index in [0.717, 1.165) is 35.4 Å². The van der Waals surface area contributed by atoms with Gasteiger partial charge in [-0.05, 0) is 32.1 Å². The highest BCUT2D eigenvalue weighted by molar-refractivity contribution is 6.08. The number of hydrogen-bond donors (Lipinski definition) is 1. The Labute approximate surface area is 174 Å². The van der Waals surface area contributed by atoms with Crippen LogP contribution < -0.4 is 5.32 Å². The number of esters is 1. The fourth-order valence-corrected chi connectivity index (χ4v) is 4.17. The van der Waals surface area contributed by atoms with E-state index >= 15 is 0 Å². The number of benzene rings is 2. The molecule has 1 heterocycles. The van der Waals surface area contributed by atoms with Crippen molar-refractivity contribution >= 4 is 33.6 Å². The summed E-state index contributed by atoms with van der Waals surface area (Å²) in [5, 5.41) is 15.1. The summed E-state index contributed by atoms with van der Waals surface area (Å²) in [5.41, 5.74) is 0.430. The van der Waals surface area contributed by atoms with Gasteiger partial charge in [0.25, 0.3) is 5.91 Å². The van der Waals surface area contributed by atoms with E-state index < -0.39 is 23.5 Å². The van der Waals surface area contributed by atoms with Gasteiger partial charge < -0.3 is 14.5 Å². The predicted molar refractivity (Wildman–Crippen MR) is 113 cm³/mol. The van der Waals surface area contributed by atoms with E-state index in [0.29, 0.717) is 24.0 Å². The Hall–Kier alpha value is -3.33. The molecule has 154 valence electrons. The van der Waals surface area contributed by atoms with Gasteiger partial charge in [-0.1, -0.05) is 55.7 Å². The Morgan fingerprint density at radius 2 is 1.87 bits per heavy atom. The Balaban J connectivity index is 1.54. The van der Waals surface area contributed by atoms with E-state index in [1.807, 2.05) is 36.4 Å². The van der Waals surface area contributed by atoms with Crippen molar-refractivity contribution in [3.8, 4) is 6.07 Å². The molecule has 6 heteroatoms. The summed E-state index contributed by atoms with van der Waals surface area (Å²) in [5.74, 6) is -1.07. The summed E-state index contributed by atoms with van der Waals surface area (Å²) in [6.45, 7) is 3.31. The van der Waals surface area contributed by atoms with Crippen molar-refractivity contribution in [1.29, 1.82) is 5.26 Å². The highest BCUT2D eigenvalue weighted by Gasteiger charge is 2.36. The quantitative estimate of drug-likeness (QED) is 0.632. The average molecular weight is 404 g/mol. The molecule has 0 spiro atoms. The summed E-state index contributed by atoms with van der Waals surface area (Å²) in [6, 6.07) is 13.9. The smallest absolute Gasteiger partial charge is 0.375 e. The van der Waals surface area contributed by atoms with Crippen LogP contribution in [0.4, 0.5) is 0 Å². The molecule has 0 bridgehead atoms. The van der Waals surface area contributed by atoms with Crippen LogP contribution in [0.1, 0.15) is 55.1 Å². The fraction of sp³-hybridized carbons (Fsp3) is 0.375. The van der Waals surface area contributed by atoms with Gasteiger partial charge in [-0.2, -0.15) is 5.26 Å². The van der Waals surface area contributed by atoms with Crippen molar-refractivity contribution in [2.24, 2.45) is 0 Å². The Bertz CT molecular complexity index is 1170. The molecule has 2 aromatic carbocycles. The number of carbonyl (C=O) groups excluding carboxylic acids is 2. The number of nitriles is 1. The SMILES string of the molecule is Cc1c(C(=O)O[C@@H](C)C(=O)NC2(C#N)CCCCC2)oc2c1ccc1ccccc12. The molecule has 1 aromatic heterocycles. The molecule has 30 heavy (non-hydrogen) atoms. The molecule has 0 radical (unpaired) electrons. The van der Waals surface area contributed by atoms with Gasteiger partial charge in [0.15, 0.2) is 6.10 Å². The minimum absolute atomic E-state index is 0.0914. The molecule has 1 saturated carbocycles. The predicted octanol–water partition coefficient (Wildman–Crippen LogP) is 4.78. The number of nitrogens with one attached hydrogen (secondary N) is 1. The lowest BCUT2D eigenvalue weighted by molar-refractivity contribution is -0.130. The lowest BCUT2D eigenvalue weighted by atomic mass is 9.83. The average Bonchev–Trinajstić information content (AvgIpc) is 3.11. The van der Waals surface area contributed by atoms with E-state index in [9.17, 15) is 14.9 Å². The van der Waals surface area contributed by atoms with Crippen molar-refractivity contribution in [1.82, 2.24) is 5.32 Å². The molecule has 4 rings (SSSR count). The summed E-state index contributed by atoms with van der Waals surface area (Å²) in [6.07, 6.45) is 3.05. The largest absolute Gasteiger partial charge is 0.448 e. The van der Waals surface area contributed by atoms with Crippen LogP contribution in [0.5, 0.6) is 0 Å². The number of carbonyl (C=O) groups is 2. The zero-order valence-electron chi connectivity index (χ0n) is 17.2. The van der Waals surface area contributed by atoms with E-state index in [1.165, 1.54) is 6.92 Å². The van der Waals surface area contributed by atoms with Gasteiger partial charge in [0.2, 0.25) is 5.76 Å². The number of ether oxygens (including phenoxy) is 1. The second-order valence-corrected chi connectivity index (χ2v) is 8.01. The van der Waals surface area contributed by atoms with Gasteiger partial charge in [-0.25, -0.2) is 4.79 Å². The van der Waals surface area contributed by atoms with Crippen LogP contribution in [-0.4, -0.2) is 23.5 Å². The Kier molecular flexibility index (Phi) is 5.21. The normalized spacial score (nSPS) is 16.7. The van der Waals surface area contributed by atoms with Crippen molar-refractivity contribution in [3.05, 3.63) is 47.7 Å². The molecule has 3 aromatic rings. The zero-order valence-corrected chi connectivity index (χ0v) is 17.2. The third-order valence-electron chi connectivity index (χ3n) is 5.95. The number of nitrogens with zero attached hydrogens (tertiary/aromatic N) is 1. The highest BCUT2D eigenvalue weighted by Crippen LogP contribution is 2.32. The minimum Gasteiger partial charge on any atom is -0.448 e. The maximum Gasteiger partial charge on any atom is 0.375 e. The van der Waals surface area contributed by atoms with Crippen molar-refractivity contribution in [3.63, 3.8) is 0 Å². The second-order valence-electron chi connectivity index (χ2n) is 8.01. The maximum absolute atomic E-state index is 12.8. The fourth-order valence-electron chi connectivity index (χ4n) is 4.17. The van der Waals surface area contributed by atoms with E-state index in [-0.39, 0.29) is 5.76 Å². The monoisotopic (exact) mass is 404 g/mol. The molecule has 1 atom stereocenters. The van der Waals surface area contributed by atoms with Crippen LogP contribution in [0.3, 0.4) is 0 Å². The Morgan fingerprint density at radius 1 is 1.13 bits per heavy atom. The molecule has 0 saturated heterocycles. The molecule has 0 unspecified atom stereocenters. The Morgan fingerprint density at radius 3 is 2.60 bits per heavy atom. The summed E-state index contributed by atoms with van der Waals surface area (Å²) in [4.78, 5) is 25.4. The van der Waals surface area contributed by atoms with Crippen LogP contribution in [0, 0.1) is 18.3 Å². The first-order valence-corrected chi connectivity index (χ1v) is 10.3. The zero-order chi connectivity index (χ0) is 21.3. The number of hydrogen-bond acceptors (Lipinski definition) is 5. The number of aryl methyl sites for hydroxylation is 1. The lowest BCUT2D eigenvalue weighted by Gasteiger charge is -2.32. The first-order valence-electron chi connectivity index (χ1n) is 10.3. The van der Waals surface area contributed by atoms with Crippen LogP contribution >= 0.6 is 0 Å². The molecule has 6 nitrogen and oxygen atoms in total. The first kappa shape index (κ1) is 20.0. The van der Waals surface area contributed by atoms with Gasteiger partial charge in [-0.15, -0.1) is 0 Å². The van der Waals surface area contributed by atoms with Crippen LogP contribution in [-0.2, 0) is 9.53 Å². The summed E-state index contributed by atoms with van der Waals surface area (Å²) < 4.78 is 11.3. The topological polar surface area (TPSA) is 92.3 Å². The third-order valence-corrected chi connectivity index (χ3v) is 5.95. The summed E-state index contributed by atoms with van der Waals surface area (Å²) in [7, 11) is 0. The molecule has 0 aliphatic heterocycles. The highest BCUT2D eigenvalue weighted by atomic mass is 16.6. The molecular formula is C24H24N2O4. The van der Waals surface area contributed by atoms with Gasteiger partial charge >= 0.3 is 5.97 Å². The maximum atomic E-state index is 12.8. The van der Waals surface area contributed by atoms with Crippen LogP contribution in [0.2, 0.25) is 0 Å². The minimum atomic E-state index is -1.03. The molecule has 1 fully saturated rings. The van der Waals surface area contributed by atoms with E-state index in [1.54, 1.807) is 6.92 Å². The van der Waals surface area contributed by atoms with E-state index in [4.69, 9.17) is 9.15 Å². The summed E-state index contributed by atoms with van der Waals surface area (Å²) >= 11 is 0. The van der Waals surface area contributed by atoms with Crippen LogP contribution in [0.25, 0.3) is 21.7 Å². The van der Waals surface area contributed by atoms with E-state index in [2.05, 4.69) is 11.4 Å². The number of furan rings is 1. The molecule has 1 aliphatic carbocycles. The van der Waals surface area contributed by atoms with Crippen LogP contribution in [0.15, 0.2) is 40.8 Å². The number of amides is 1. The first-order chi connectivity index (χ1) is 14.4. The number of fused-ring (bicyclic) bond motifs is 3. The van der Waals surface area contributed by atoms with Gasteiger partial charge in [0.05, 0.1) is 6.07 Å². The van der Waals surface area contributed by atoms with Gasteiger partial charge in [-0.3, -0.25) is 4.79 Å². The van der Waals surface area contributed by atoms with Crippen molar-refractivity contribution < 1.29 is 18.7 Å². The second kappa shape index (κ2) is 7.83. The molecule has 1 N–H and O–H groups in total. The number of rotatable bonds is 4. The van der Waals surface area contributed by atoms with Crippen molar-refractivity contribution in [2.45, 2.75) is 57.6 Å². The molecule has 1 aliphatic rings. The standard InChI is InChI=1S/C24H24N2O4/c1-15-18-11-10-17-8-4-5-9-19(17)21(18)30-20(15)23(28)29-16(2)22(27)26-24(14-25)12-6-3-7-13-24/h4-5,8-11,16H,3,6-7,12-13H2,1-2H3,(H,26,27)/t16-/m0/s1. The molecular weight excluding hydrogens is 380 g/mol. The van der Waals surface area contributed by atoms with Gasteiger partial charge in [0.1, 0.15) is 11.1 Å². The van der Waals surface area contributed by atoms with Gasteiger partial charge in [0, 0.05) is 16.3 Å². The molecule has 1 amide bonds. The van der Waals surface area contributed by atoms with Crippen molar-refractivity contribution in [2.75, 3.05) is 0 Å². The lowest BCUT2D eigenvalue weighted by Crippen LogP contribution is -2.52. The third kappa shape index (κ3) is 3.52.